The van der Waals surface area contributed by atoms with Crippen molar-refractivity contribution in [2.24, 2.45) is 46.2 Å². The topological polar surface area (TPSA) is 414 Å². The normalized spacial score (nSPS) is 14.7. The van der Waals surface area contributed by atoms with Crippen LogP contribution in [0.25, 0.3) is 0 Å². The highest BCUT2D eigenvalue weighted by atomic mass is 16.3. The fourth-order valence-corrected chi connectivity index (χ4v) is 7.30. The van der Waals surface area contributed by atoms with Crippen molar-refractivity contribution in [2.45, 2.75) is 166 Å². The number of aliphatic hydroxyl groups excluding tert-OH is 1. The molecule has 1 aromatic carbocycles. The lowest BCUT2D eigenvalue weighted by Gasteiger charge is -2.29. The summed E-state index contributed by atoms with van der Waals surface area (Å²) in [6.45, 7) is 7.48. The highest BCUT2D eigenvalue weighted by Crippen LogP contribution is 2.13. The van der Waals surface area contributed by atoms with E-state index in [1.54, 1.807) is 30.3 Å². The molecular weight excluding hydrogens is 907 g/mol. The Morgan fingerprint density at radius 2 is 0.814 bits per heavy atom. The molecule has 1 rings (SSSR count). The van der Waals surface area contributed by atoms with Crippen LogP contribution in [0.3, 0.4) is 0 Å². The minimum Gasteiger partial charge on any atom is -0.394 e. The minimum absolute atomic E-state index is 0.0262. The summed E-state index contributed by atoms with van der Waals surface area (Å²) in [6.07, 6.45) is 3.19. The lowest BCUT2D eigenvalue weighted by Crippen LogP contribution is -2.60. The molecule has 1 aromatic rings. The number of hydrogen-bond donors (Lipinski definition) is 14. The number of amides is 9. The predicted molar refractivity (Wildman–Crippen MR) is 264 cm³/mol. The first-order valence-corrected chi connectivity index (χ1v) is 24.4. The summed E-state index contributed by atoms with van der Waals surface area (Å²) in [6, 6.07) is -1.06. The van der Waals surface area contributed by atoms with E-state index in [0.29, 0.717) is 63.7 Å². The lowest BCUT2D eigenvalue weighted by molar-refractivity contribution is -0.136. The highest BCUT2D eigenvalue weighted by molar-refractivity contribution is 5.98. The summed E-state index contributed by atoms with van der Waals surface area (Å²) in [4.78, 5) is 120. The Hall–Kier alpha value is -5.75. The number of nitrogens with two attached hydrogens (primary N) is 6. The number of carbonyl (C=O) groups is 9. The molecule has 0 aliphatic heterocycles. The maximum atomic E-state index is 14.2. The van der Waals surface area contributed by atoms with Crippen molar-refractivity contribution in [3.63, 3.8) is 0 Å². The molecule has 23 heteroatoms. The molecule has 70 heavy (non-hydrogen) atoms. The van der Waals surface area contributed by atoms with E-state index < -0.39 is 108 Å². The SMILES string of the molecule is CC(C)C[C@H](NC(=O)[C@H](CC(C)C)NC(=O)[C@H](CCCCN)NC(=O)[C@@H](N)CCC(N)=O)C(=O)N[C@@H](CCCCN)C(=O)N[C@@H](CCCCN)C(=O)N[C@@H](Cc1ccccc1)C(=O)N[C@@H](CO)C(N)=O. The number of rotatable bonds is 37. The molecule has 20 N–H and O–H groups in total. The molecule has 0 aliphatic carbocycles. The van der Waals surface area contributed by atoms with Gasteiger partial charge in [-0.15, -0.1) is 0 Å². The second-order valence-corrected chi connectivity index (χ2v) is 18.4. The van der Waals surface area contributed by atoms with Crippen molar-refractivity contribution in [3.8, 4) is 0 Å². The fraction of sp³-hybridized carbons (Fsp3) is 0.681. The third-order valence-electron chi connectivity index (χ3n) is 11.2. The third-order valence-corrected chi connectivity index (χ3v) is 11.2. The van der Waals surface area contributed by atoms with E-state index in [9.17, 15) is 48.3 Å². The van der Waals surface area contributed by atoms with Crippen LogP contribution in [0.15, 0.2) is 30.3 Å². The van der Waals surface area contributed by atoms with Gasteiger partial charge in [0.2, 0.25) is 53.2 Å². The molecule has 0 saturated carbocycles. The van der Waals surface area contributed by atoms with E-state index in [2.05, 4.69) is 37.2 Å². The fourth-order valence-electron chi connectivity index (χ4n) is 7.30. The van der Waals surface area contributed by atoms with Crippen molar-refractivity contribution >= 4 is 53.2 Å². The molecule has 0 fully saturated rings. The maximum absolute atomic E-state index is 14.2. The number of benzene rings is 1. The van der Waals surface area contributed by atoms with Gasteiger partial charge in [-0.05, 0) is 114 Å². The molecule has 0 aliphatic rings. The number of primary amides is 2. The third kappa shape index (κ3) is 25.2. The average Bonchev–Trinajstić information content (AvgIpc) is 3.30. The first-order valence-electron chi connectivity index (χ1n) is 24.4. The highest BCUT2D eigenvalue weighted by Gasteiger charge is 2.35. The van der Waals surface area contributed by atoms with Gasteiger partial charge in [0, 0.05) is 12.8 Å². The van der Waals surface area contributed by atoms with E-state index in [1.807, 2.05) is 27.7 Å². The Bertz CT molecular complexity index is 1810. The Labute approximate surface area is 412 Å². The second kappa shape index (κ2) is 34.5. The first-order chi connectivity index (χ1) is 33.2. The molecule has 9 amide bonds. The Balaban J connectivity index is 3.48. The number of unbranched alkanes of at least 4 members (excludes halogenated alkanes) is 3. The first kappa shape index (κ1) is 62.3. The second-order valence-electron chi connectivity index (χ2n) is 18.4. The van der Waals surface area contributed by atoms with Gasteiger partial charge in [-0.3, -0.25) is 43.2 Å². The van der Waals surface area contributed by atoms with E-state index in [1.165, 1.54) is 0 Å². The summed E-state index contributed by atoms with van der Waals surface area (Å²) in [5.41, 5.74) is 34.4. The van der Waals surface area contributed by atoms with Crippen LogP contribution in [0.2, 0.25) is 0 Å². The van der Waals surface area contributed by atoms with Crippen molar-refractivity contribution in [1.29, 1.82) is 0 Å². The zero-order valence-corrected chi connectivity index (χ0v) is 41.5. The van der Waals surface area contributed by atoms with Crippen LogP contribution >= 0.6 is 0 Å². The molecule has 0 saturated heterocycles. The molecule has 0 unspecified atom stereocenters. The van der Waals surface area contributed by atoms with Crippen LogP contribution < -0.4 is 71.6 Å². The Kier molecular flexibility index (Phi) is 30.7. The van der Waals surface area contributed by atoms with Crippen LogP contribution in [0.4, 0.5) is 0 Å². The van der Waals surface area contributed by atoms with Crippen molar-refractivity contribution < 1.29 is 48.3 Å². The molecular formula is C47H83N13O10. The van der Waals surface area contributed by atoms with Gasteiger partial charge in [0.05, 0.1) is 12.6 Å². The zero-order chi connectivity index (χ0) is 52.8. The van der Waals surface area contributed by atoms with Crippen LogP contribution in [0.5, 0.6) is 0 Å². The zero-order valence-electron chi connectivity index (χ0n) is 41.5. The molecule has 0 spiro atoms. The van der Waals surface area contributed by atoms with Crippen LogP contribution in [-0.4, -0.2) is 133 Å². The van der Waals surface area contributed by atoms with E-state index >= 15 is 0 Å². The Morgan fingerprint density at radius 3 is 1.17 bits per heavy atom. The van der Waals surface area contributed by atoms with Gasteiger partial charge in [0.1, 0.15) is 42.3 Å². The summed E-state index contributed by atoms with van der Waals surface area (Å²) in [5, 5.41) is 28.4. The quantitative estimate of drug-likeness (QED) is 0.0299. The molecule has 0 heterocycles. The van der Waals surface area contributed by atoms with Crippen molar-refractivity contribution in [3.05, 3.63) is 35.9 Å². The van der Waals surface area contributed by atoms with Gasteiger partial charge in [0.15, 0.2) is 0 Å². The van der Waals surface area contributed by atoms with Gasteiger partial charge in [-0.2, -0.15) is 0 Å². The monoisotopic (exact) mass is 990 g/mol. The number of nitrogens with one attached hydrogen (secondary N) is 7. The van der Waals surface area contributed by atoms with Gasteiger partial charge < -0.3 is 76.7 Å². The van der Waals surface area contributed by atoms with Gasteiger partial charge in [-0.1, -0.05) is 58.0 Å². The van der Waals surface area contributed by atoms with E-state index in [4.69, 9.17) is 34.4 Å². The minimum atomic E-state index is -1.43. The van der Waals surface area contributed by atoms with E-state index in [0.717, 1.165) is 0 Å². The molecule has 23 nitrogen and oxygen atoms in total. The molecule has 0 bridgehead atoms. The van der Waals surface area contributed by atoms with Gasteiger partial charge in [-0.25, -0.2) is 0 Å². The van der Waals surface area contributed by atoms with E-state index in [-0.39, 0.29) is 63.2 Å². The average molecular weight is 990 g/mol. The maximum Gasteiger partial charge on any atom is 0.243 e. The molecule has 0 aromatic heterocycles. The van der Waals surface area contributed by atoms with Crippen molar-refractivity contribution in [1.82, 2.24) is 37.2 Å². The summed E-state index contributed by atoms with van der Waals surface area (Å²) >= 11 is 0. The molecule has 396 valence electrons. The number of hydrogen-bond acceptors (Lipinski definition) is 14. The number of carbonyl (C=O) groups excluding carboxylic acids is 9. The van der Waals surface area contributed by atoms with Gasteiger partial charge >= 0.3 is 0 Å². The van der Waals surface area contributed by atoms with Crippen LogP contribution in [0, 0.1) is 11.8 Å². The Morgan fingerprint density at radius 1 is 0.471 bits per heavy atom. The van der Waals surface area contributed by atoms with Crippen LogP contribution in [0.1, 0.15) is 117 Å². The predicted octanol–water partition coefficient (Wildman–Crippen LogP) is -2.83. The summed E-state index contributed by atoms with van der Waals surface area (Å²) < 4.78 is 0. The lowest BCUT2D eigenvalue weighted by atomic mass is 9.98. The van der Waals surface area contributed by atoms with Crippen LogP contribution in [-0.2, 0) is 49.6 Å². The number of aliphatic hydroxyl groups is 1. The summed E-state index contributed by atoms with van der Waals surface area (Å²) in [5.74, 6) is -6.95. The molecule has 0 radical (unpaired) electrons. The molecule has 8 atom stereocenters. The van der Waals surface area contributed by atoms with Gasteiger partial charge in [0.25, 0.3) is 0 Å². The standard InChI is InChI=1S/C47H83N13O10/c1-28(2)24-35(58-46(69)36(25-29(3)4)57-43(66)32(16-8-11-21-48)54-41(64)31(51)19-20-39(52)62)45(68)56-33(17-9-12-22-49)42(65)55-34(18-10-13-23-50)44(67)59-37(26-30-14-6-5-7-15-30)47(70)60-38(27-61)40(53)63/h5-7,14-15,28-29,31-38,61H,8-13,16-27,48-51H2,1-4H3,(H2,52,62)(H2,53,63)(H,54,64)(H,55,65)(H,56,68)(H,57,66)(H,58,69)(H,59,67)(H,60,70)/t31-,32-,33-,34-,35-,36-,37-,38-/m0/s1. The smallest absolute Gasteiger partial charge is 0.243 e. The summed E-state index contributed by atoms with van der Waals surface area (Å²) in [7, 11) is 0. The van der Waals surface area contributed by atoms with Crippen molar-refractivity contribution in [2.75, 3.05) is 26.2 Å². The largest absolute Gasteiger partial charge is 0.394 e.